The van der Waals surface area contributed by atoms with Crippen LogP contribution in [0.1, 0.15) is 33.0 Å². The van der Waals surface area contributed by atoms with E-state index in [1.807, 2.05) is 37.3 Å². The van der Waals surface area contributed by atoms with Crippen molar-refractivity contribution in [1.82, 2.24) is 4.90 Å². The molecule has 6 heteroatoms. The molecule has 2 aromatic rings. The largest absolute Gasteiger partial charge is 0.493 e. The summed E-state index contributed by atoms with van der Waals surface area (Å²) in [4.78, 5) is 27.8. The van der Waals surface area contributed by atoms with Gasteiger partial charge in [-0.3, -0.25) is 9.59 Å². The van der Waals surface area contributed by atoms with Crippen LogP contribution >= 0.6 is 11.3 Å². The van der Waals surface area contributed by atoms with Crippen molar-refractivity contribution in [3.63, 3.8) is 0 Å². The van der Waals surface area contributed by atoms with Gasteiger partial charge >= 0.3 is 0 Å². The fraction of sp³-hybridized carbons (Fsp3) is 0.368. The normalized spacial score (nSPS) is 10.4. The zero-order chi connectivity index (χ0) is 18.4. The Labute approximate surface area is 152 Å². The lowest BCUT2D eigenvalue weighted by atomic mass is 10.1. The van der Waals surface area contributed by atoms with Crippen molar-refractivity contribution in [2.45, 2.75) is 26.3 Å². The second kappa shape index (κ2) is 8.67. The highest BCUT2D eigenvalue weighted by Crippen LogP contribution is 2.28. The summed E-state index contributed by atoms with van der Waals surface area (Å²) in [7, 11) is 4.90. The number of ketones is 1. The van der Waals surface area contributed by atoms with E-state index in [9.17, 15) is 9.59 Å². The zero-order valence-corrected chi connectivity index (χ0v) is 15.8. The molecule has 1 aromatic heterocycles. The predicted octanol–water partition coefficient (Wildman–Crippen LogP) is 3.70. The molecule has 0 aliphatic rings. The molecular formula is C19H23NO4S. The molecule has 0 saturated heterocycles. The Hall–Kier alpha value is -2.34. The van der Waals surface area contributed by atoms with Gasteiger partial charge in [-0.15, -0.1) is 11.3 Å². The number of Topliss-reactive ketones (excluding diaryl/α,β-unsaturated/α-hetero) is 1. The van der Waals surface area contributed by atoms with Crippen LogP contribution in [0, 0.1) is 6.92 Å². The molecule has 0 saturated carbocycles. The van der Waals surface area contributed by atoms with Gasteiger partial charge in [0, 0.05) is 31.3 Å². The maximum atomic E-state index is 12.3. The van der Waals surface area contributed by atoms with Crippen LogP contribution in [0.15, 0.2) is 30.3 Å². The quantitative estimate of drug-likeness (QED) is 0.673. The lowest BCUT2D eigenvalue weighted by Crippen LogP contribution is -2.26. The first-order valence-corrected chi connectivity index (χ1v) is 8.80. The lowest BCUT2D eigenvalue weighted by Gasteiger charge is -2.18. The summed E-state index contributed by atoms with van der Waals surface area (Å²) in [6.45, 7) is 2.41. The second-order valence-corrected chi connectivity index (χ2v) is 7.06. The van der Waals surface area contributed by atoms with E-state index >= 15 is 0 Å². The number of carbonyl (C=O) groups is 2. The molecule has 1 aromatic carbocycles. The van der Waals surface area contributed by atoms with E-state index in [0.29, 0.717) is 22.9 Å². The van der Waals surface area contributed by atoms with E-state index in [1.54, 1.807) is 26.2 Å². The minimum atomic E-state index is -0.0589. The summed E-state index contributed by atoms with van der Waals surface area (Å²) in [5, 5.41) is 0. The smallest absolute Gasteiger partial charge is 0.223 e. The Morgan fingerprint density at radius 3 is 2.36 bits per heavy atom. The molecule has 0 unspecified atom stereocenters. The van der Waals surface area contributed by atoms with Gasteiger partial charge in [0.15, 0.2) is 17.3 Å². The third-order valence-electron chi connectivity index (χ3n) is 3.87. The zero-order valence-electron chi connectivity index (χ0n) is 15.0. The van der Waals surface area contributed by atoms with Crippen molar-refractivity contribution in [1.29, 1.82) is 0 Å². The third kappa shape index (κ3) is 5.06. The Morgan fingerprint density at radius 1 is 1.04 bits per heavy atom. The number of rotatable bonds is 8. The molecule has 1 heterocycles. The van der Waals surface area contributed by atoms with Gasteiger partial charge in [0.1, 0.15) is 0 Å². The van der Waals surface area contributed by atoms with Crippen LogP contribution in [0.5, 0.6) is 11.5 Å². The van der Waals surface area contributed by atoms with Gasteiger partial charge in [-0.2, -0.15) is 0 Å². The minimum absolute atomic E-state index is 0.0194. The van der Waals surface area contributed by atoms with Crippen LogP contribution in [0.25, 0.3) is 0 Å². The van der Waals surface area contributed by atoms with Crippen LogP contribution in [0.4, 0.5) is 0 Å². The van der Waals surface area contributed by atoms with Crippen LogP contribution in [0.3, 0.4) is 0 Å². The fourth-order valence-electron chi connectivity index (χ4n) is 2.46. The van der Waals surface area contributed by atoms with E-state index in [1.165, 1.54) is 11.3 Å². The van der Waals surface area contributed by atoms with Crippen molar-refractivity contribution in [2.24, 2.45) is 0 Å². The minimum Gasteiger partial charge on any atom is -0.493 e. The van der Waals surface area contributed by atoms with Gasteiger partial charge < -0.3 is 14.4 Å². The number of ether oxygens (including phenoxy) is 2. The van der Waals surface area contributed by atoms with Gasteiger partial charge in [-0.1, -0.05) is 6.07 Å². The lowest BCUT2D eigenvalue weighted by molar-refractivity contribution is -0.130. The molecule has 0 N–H and O–H groups in total. The summed E-state index contributed by atoms with van der Waals surface area (Å²) in [6, 6.07) is 9.30. The highest BCUT2D eigenvalue weighted by molar-refractivity contribution is 7.14. The van der Waals surface area contributed by atoms with Crippen molar-refractivity contribution in [2.75, 3.05) is 21.3 Å². The van der Waals surface area contributed by atoms with Crippen LogP contribution < -0.4 is 9.47 Å². The fourth-order valence-corrected chi connectivity index (χ4v) is 3.29. The van der Waals surface area contributed by atoms with E-state index in [0.717, 1.165) is 10.4 Å². The van der Waals surface area contributed by atoms with Crippen molar-refractivity contribution in [3.05, 3.63) is 45.6 Å². The van der Waals surface area contributed by atoms with Gasteiger partial charge in [0.2, 0.25) is 5.91 Å². The first-order chi connectivity index (χ1) is 11.9. The third-order valence-corrected chi connectivity index (χ3v) is 4.92. The van der Waals surface area contributed by atoms with Gasteiger partial charge in [0.05, 0.1) is 19.1 Å². The number of hydrogen-bond acceptors (Lipinski definition) is 5. The molecule has 25 heavy (non-hydrogen) atoms. The van der Waals surface area contributed by atoms with Gasteiger partial charge in [-0.25, -0.2) is 0 Å². The summed E-state index contributed by atoms with van der Waals surface area (Å²) < 4.78 is 10.5. The number of amides is 1. The first-order valence-electron chi connectivity index (χ1n) is 7.99. The number of carbonyl (C=O) groups excluding carboxylic acids is 2. The topological polar surface area (TPSA) is 55.8 Å². The number of nitrogens with zero attached hydrogens (tertiary/aromatic N) is 1. The predicted molar refractivity (Wildman–Crippen MR) is 98.6 cm³/mol. The van der Waals surface area contributed by atoms with E-state index < -0.39 is 0 Å². The Morgan fingerprint density at radius 2 is 1.76 bits per heavy atom. The van der Waals surface area contributed by atoms with Gasteiger partial charge in [0.25, 0.3) is 0 Å². The molecule has 0 fully saturated rings. The van der Waals surface area contributed by atoms with Crippen LogP contribution in [0.2, 0.25) is 0 Å². The van der Waals surface area contributed by atoms with Crippen LogP contribution in [-0.4, -0.2) is 37.9 Å². The molecule has 5 nitrogen and oxygen atoms in total. The number of benzene rings is 1. The highest BCUT2D eigenvalue weighted by Gasteiger charge is 2.15. The number of hydrogen-bond donors (Lipinski definition) is 0. The average molecular weight is 361 g/mol. The summed E-state index contributed by atoms with van der Waals surface area (Å²) in [5.41, 5.74) is 0.939. The number of aryl methyl sites for hydroxylation is 1. The molecule has 1 amide bonds. The van der Waals surface area contributed by atoms with Crippen LogP contribution in [-0.2, 0) is 11.3 Å². The van der Waals surface area contributed by atoms with E-state index in [4.69, 9.17) is 9.47 Å². The molecule has 0 aliphatic heterocycles. The molecule has 0 aliphatic carbocycles. The number of methoxy groups -OCH3 is 2. The van der Waals surface area contributed by atoms with E-state index in [2.05, 4.69) is 0 Å². The molecule has 134 valence electrons. The molecular weight excluding hydrogens is 338 g/mol. The Kier molecular flexibility index (Phi) is 6.58. The Bertz CT molecular complexity index is 754. The van der Waals surface area contributed by atoms with Crippen molar-refractivity contribution < 1.29 is 19.1 Å². The Balaban J connectivity index is 1.90. The molecule has 0 radical (unpaired) electrons. The van der Waals surface area contributed by atoms with Crippen molar-refractivity contribution >= 4 is 23.0 Å². The summed E-state index contributed by atoms with van der Waals surface area (Å²) in [6.07, 6.45) is 0.439. The maximum Gasteiger partial charge on any atom is 0.223 e. The van der Waals surface area contributed by atoms with Crippen molar-refractivity contribution in [3.8, 4) is 11.5 Å². The first kappa shape index (κ1) is 19.0. The monoisotopic (exact) mass is 361 g/mol. The second-order valence-electron chi connectivity index (χ2n) is 5.77. The summed E-state index contributed by atoms with van der Waals surface area (Å²) in [5.74, 6) is 1.24. The molecule has 0 bridgehead atoms. The number of thiophene rings is 1. The average Bonchev–Trinajstić information content (AvgIpc) is 3.05. The standard InChI is InChI=1S/C19H23NO4S/c1-13-5-9-18(25-13)15(21)7-10-19(22)20(2)12-14-6-8-16(23-3)17(11-14)24-4/h5-6,8-9,11H,7,10,12H2,1-4H3. The van der Waals surface area contributed by atoms with E-state index in [-0.39, 0.29) is 24.5 Å². The molecule has 0 spiro atoms. The molecule has 2 rings (SSSR count). The maximum absolute atomic E-state index is 12.3. The summed E-state index contributed by atoms with van der Waals surface area (Å²) >= 11 is 1.47. The highest BCUT2D eigenvalue weighted by atomic mass is 32.1. The van der Waals surface area contributed by atoms with Gasteiger partial charge in [-0.05, 0) is 36.8 Å². The molecule has 0 atom stereocenters. The SMILES string of the molecule is COc1ccc(CN(C)C(=O)CCC(=O)c2ccc(C)s2)cc1OC.